The van der Waals surface area contributed by atoms with E-state index in [1.54, 1.807) is 13.8 Å². The molecule has 3 rings (SSSR count). The quantitative estimate of drug-likeness (QED) is 0.0402. The second kappa shape index (κ2) is 30.8. The van der Waals surface area contributed by atoms with Gasteiger partial charge in [0.15, 0.2) is 12.6 Å². The lowest BCUT2D eigenvalue weighted by Gasteiger charge is -2.43. The van der Waals surface area contributed by atoms with Crippen molar-refractivity contribution in [2.75, 3.05) is 13.2 Å². The van der Waals surface area contributed by atoms with Gasteiger partial charge in [0.1, 0.15) is 62.0 Å². The standard InChI is InChI=1S/C49H90O14/c1-32(2)26-22-18-14-10-7-8-12-16-20-24-28-36-34(5)46(56)58-30-39-41(51)43(53)45(55)49(63-39)61-37(29-25-21-17-13-9-11-15-19-23-27-33(3)4)35(6)47(57)59-31-38-40(50)42(52)44(54)48(60-36)62-38/h32-45,48-55H,7-31H2,1-6H3/t34-,35-,36-,37-,38-,39-,40+,41+,42+,43+,44-,45-,48-,49+/m1/s1. The van der Waals surface area contributed by atoms with E-state index in [1.807, 2.05) is 0 Å². The first-order chi connectivity index (χ1) is 30.1. The van der Waals surface area contributed by atoms with E-state index in [0.717, 1.165) is 63.2 Å². The molecule has 14 heteroatoms. The van der Waals surface area contributed by atoms with Crippen molar-refractivity contribution in [1.82, 2.24) is 0 Å². The van der Waals surface area contributed by atoms with Crippen molar-refractivity contribution in [3.8, 4) is 0 Å². The van der Waals surface area contributed by atoms with Gasteiger partial charge in [-0.05, 0) is 38.5 Å². The minimum absolute atomic E-state index is 0.386. The Morgan fingerprint density at radius 3 is 1.00 bits per heavy atom. The number of ether oxygens (including phenoxy) is 6. The van der Waals surface area contributed by atoms with Crippen molar-refractivity contribution in [2.24, 2.45) is 23.7 Å². The van der Waals surface area contributed by atoms with Crippen LogP contribution < -0.4 is 0 Å². The van der Waals surface area contributed by atoms with Gasteiger partial charge in [0.05, 0.1) is 24.0 Å². The second-order valence-corrected chi connectivity index (χ2v) is 19.9. The van der Waals surface area contributed by atoms with Crippen molar-refractivity contribution >= 4 is 11.9 Å². The van der Waals surface area contributed by atoms with E-state index in [1.165, 1.54) is 70.6 Å². The van der Waals surface area contributed by atoms with Crippen LogP contribution >= 0.6 is 0 Å². The van der Waals surface area contributed by atoms with Gasteiger partial charge in [-0.15, -0.1) is 0 Å². The number of fused-ring (bicyclic) bond motifs is 4. The van der Waals surface area contributed by atoms with Gasteiger partial charge in [-0.2, -0.15) is 0 Å². The lowest BCUT2D eigenvalue weighted by Crippen LogP contribution is -2.61. The summed E-state index contributed by atoms with van der Waals surface area (Å²) in [5.74, 6) is -1.73. The lowest BCUT2D eigenvalue weighted by molar-refractivity contribution is -0.320. The van der Waals surface area contributed by atoms with Gasteiger partial charge in [-0.3, -0.25) is 9.59 Å². The van der Waals surface area contributed by atoms with Crippen molar-refractivity contribution in [2.45, 2.75) is 263 Å². The van der Waals surface area contributed by atoms with Crippen LogP contribution in [-0.4, -0.2) is 129 Å². The average molecular weight is 903 g/mol. The molecule has 0 amide bonds. The Morgan fingerprint density at radius 1 is 0.413 bits per heavy atom. The van der Waals surface area contributed by atoms with Crippen LogP contribution in [0.5, 0.6) is 0 Å². The van der Waals surface area contributed by atoms with Crippen LogP contribution in [0, 0.1) is 23.7 Å². The smallest absolute Gasteiger partial charge is 0.311 e. The Bertz CT molecular complexity index is 1220. The number of hydrogen-bond donors (Lipinski definition) is 6. The fourth-order valence-electron chi connectivity index (χ4n) is 8.89. The molecule has 3 heterocycles. The summed E-state index contributed by atoms with van der Waals surface area (Å²) in [6, 6.07) is 0. The van der Waals surface area contributed by atoms with Crippen LogP contribution in [0.15, 0.2) is 0 Å². The van der Waals surface area contributed by atoms with Crippen molar-refractivity contribution in [3.05, 3.63) is 0 Å². The number of hydrogen-bond acceptors (Lipinski definition) is 14. The average Bonchev–Trinajstić information content (AvgIpc) is 3.25. The summed E-state index contributed by atoms with van der Waals surface area (Å²) < 4.78 is 35.7. The van der Waals surface area contributed by atoms with Gasteiger partial charge in [0.25, 0.3) is 0 Å². The first kappa shape index (κ1) is 55.9. The summed E-state index contributed by atoms with van der Waals surface area (Å²) in [6.45, 7) is 11.3. The third-order valence-corrected chi connectivity index (χ3v) is 13.4. The van der Waals surface area contributed by atoms with Crippen LogP contribution in [0.2, 0.25) is 0 Å². The maximum absolute atomic E-state index is 13.6. The Balaban J connectivity index is 1.66. The Labute approximate surface area is 379 Å². The molecule has 0 radical (unpaired) electrons. The third kappa shape index (κ3) is 20.1. The van der Waals surface area contributed by atoms with E-state index < -0.39 is 111 Å². The zero-order valence-corrected chi connectivity index (χ0v) is 39.9. The minimum Gasteiger partial charge on any atom is -0.463 e. The largest absolute Gasteiger partial charge is 0.463 e. The number of carbonyl (C=O) groups is 2. The number of cyclic esters (lactones) is 2. The van der Waals surface area contributed by atoms with Crippen molar-refractivity contribution in [3.63, 3.8) is 0 Å². The molecular weight excluding hydrogens is 813 g/mol. The summed E-state index contributed by atoms with van der Waals surface area (Å²) in [6.07, 6.45) is 7.13. The number of aliphatic hydroxyl groups is 6. The molecule has 0 aromatic carbocycles. The van der Waals surface area contributed by atoms with Gasteiger partial charge in [-0.25, -0.2) is 0 Å². The number of unbranched alkanes of at least 4 members (excludes halogenated alkanes) is 17. The Kier molecular flexibility index (Phi) is 27.3. The second-order valence-electron chi connectivity index (χ2n) is 19.9. The highest BCUT2D eigenvalue weighted by Gasteiger charge is 2.49. The van der Waals surface area contributed by atoms with Crippen LogP contribution in [0.3, 0.4) is 0 Å². The van der Waals surface area contributed by atoms with Gasteiger partial charge in [0, 0.05) is 0 Å². The molecular formula is C49H90O14. The van der Waals surface area contributed by atoms with E-state index in [2.05, 4.69) is 27.7 Å². The summed E-state index contributed by atoms with van der Waals surface area (Å²) in [7, 11) is 0. The molecule has 3 aliphatic rings. The number of aliphatic hydroxyl groups excluding tert-OH is 6. The molecule has 63 heavy (non-hydrogen) atoms. The molecule has 0 aromatic heterocycles. The van der Waals surface area contributed by atoms with Crippen LogP contribution in [0.25, 0.3) is 0 Å². The molecule has 6 N–H and O–H groups in total. The molecule has 3 saturated heterocycles. The minimum atomic E-state index is -1.69. The van der Waals surface area contributed by atoms with E-state index in [9.17, 15) is 40.2 Å². The molecule has 0 aliphatic carbocycles. The Hall–Kier alpha value is -1.46. The van der Waals surface area contributed by atoms with Gasteiger partial charge >= 0.3 is 11.9 Å². The fourth-order valence-corrected chi connectivity index (χ4v) is 8.89. The van der Waals surface area contributed by atoms with Gasteiger partial charge < -0.3 is 59.1 Å². The molecule has 4 bridgehead atoms. The highest BCUT2D eigenvalue weighted by Crippen LogP contribution is 2.31. The number of rotatable bonds is 25. The molecule has 370 valence electrons. The van der Waals surface area contributed by atoms with E-state index in [-0.39, 0.29) is 0 Å². The molecule has 3 aliphatic heterocycles. The normalized spacial score (nSPS) is 33.8. The first-order valence-electron chi connectivity index (χ1n) is 25.2. The van der Waals surface area contributed by atoms with Crippen molar-refractivity contribution < 1.29 is 68.6 Å². The monoisotopic (exact) mass is 903 g/mol. The van der Waals surface area contributed by atoms with E-state index in [0.29, 0.717) is 25.7 Å². The van der Waals surface area contributed by atoms with Crippen LogP contribution in [-0.2, 0) is 38.0 Å². The zero-order valence-electron chi connectivity index (χ0n) is 39.9. The fraction of sp³-hybridized carbons (Fsp3) is 0.959. The van der Waals surface area contributed by atoms with Crippen LogP contribution in [0.4, 0.5) is 0 Å². The molecule has 0 aromatic rings. The van der Waals surface area contributed by atoms with Crippen molar-refractivity contribution in [1.29, 1.82) is 0 Å². The predicted molar refractivity (Wildman–Crippen MR) is 239 cm³/mol. The highest BCUT2D eigenvalue weighted by atomic mass is 16.7. The summed E-state index contributed by atoms with van der Waals surface area (Å²) in [5.41, 5.74) is 0. The molecule has 14 nitrogen and oxygen atoms in total. The lowest BCUT2D eigenvalue weighted by atomic mass is 9.95. The molecule has 14 atom stereocenters. The maximum Gasteiger partial charge on any atom is 0.311 e. The Morgan fingerprint density at radius 2 is 0.698 bits per heavy atom. The summed E-state index contributed by atoms with van der Waals surface area (Å²) in [4.78, 5) is 27.3. The third-order valence-electron chi connectivity index (χ3n) is 13.4. The number of esters is 2. The van der Waals surface area contributed by atoms with E-state index in [4.69, 9.17) is 28.4 Å². The highest BCUT2D eigenvalue weighted by molar-refractivity contribution is 5.73. The molecule has 0 spiro atoms. The number of carbonyl (C=O) groups excluding carboxylic acids is 2. The zero-order chi connectivity index (χ0) is 46.3. The molecule has 0 saturated carbocycles. The maximum atomic E-state index is 13.6. The van der Waals surface area contributed by atoms with Gasteiger partial charge in [0.2, 0.25) is 0 Å². The topological polar surface area (TPSA) is 211 Å². The first-order valence-corrected chi connectivity index (χ1v) is 25.2. The van der Waals surface area contributed by atoms with Gasteiger partial charge in [-0.1, -0.05) is 163 Å². The summed E-state index contributed by atoms with van der Waals surface area (Å²) >= 11 is 0. The molecule has 3 fully saturated rings. The summed E-state index contributed by atoms with van der Waals surface area (Å²) in [5, 5.41) is 65.5. The predicted octanol–water partition coefficient (Wildman–Crippen LogP) is 7.03. The SMILES string of the molecule is CC(C)CCCCCCCCCCCC[C@H]1O[C@@H]2O[C@H](COC(=O)[C@H](C)[C@@H](CCCCCCCCCCCC(C)C)O[C@H]3O[C@H](COC(=O)[C@@H]1C)[C@H](O)[C@H](O)[C@H]3O)[C@H](O)[C@H](O)[C@H]2O. The molecule has 0 unspecified atom stereocenters. The van der Waals surface area contributed by atoms with E-state index >= 15 is 0 Å². The van der Waals surface area contributed by atoms with Crippen LogP contribution in [0.1, 0.15) is 189 Å².